The van der Waals surface area contributed by atoms with Gasteiger partial charge in [0.2, 0.25) is 0 Å². The molecule has 0 radical (unpaired) electrons. The smallest absolute Gasteiger partial charge is 0.416 e. The molecule has 0 atom stereocenters. The number of allylic oxidation sites excluding steroid dienone is 1. The maximum absolute atomic E-state index is 12.9. The molecule has 0 saturated carbocycles. The molecular formula is C21H17F6N3OS. The molecule has 0 aliphatic heterocycles. The molecule has 0 aliphatic rings. The molecule has 1 heterocycles. The second-order valence-electron chi connectivity index (χ2n) is 6.60. The largest absolute Gasteiger partial charge is 0.486 e. The third-order valence-electron chi connectivity index (χ3n) is 4.26. The molecule has 170 valence electrons. The number of alkyl halides is 6. The summed E-state index contributed by atoms with van der Waals surface area (Å²) in [6, 6.07) is 9.44. The summed E-state index contributed by atoms with van der Waals surface area (Å²) in [5.74, 6) is 0.577. The molecule has 0 spiro atoms. The number of thioether (sulfide) groups is 1. The van der Waals surface area contributed by atoms with E-state index in [0.717, 1.165) is 24.3 Å². The first-order valence-corrected chi connectivity index (χ1v) is 10.2. The van der Waals surface area contributed by atoms with E-state index in [2.05, 4.69) is 16.8 Å². The summed E-state index contributed by atoms with van der Waals surface area (Å²) in [4.78, 5) is 0. The van der Waals surface area contributed by atoms with Crippen molar-refractivity contribution in [2.45, 2.75) is 36.4 Å². The Morgan fingerprint density at radius 1 is 0.938 bits per heavy atom. The zero-order valence-corrected chi connectivity index (χ0v) is 17.3. The number of nitrogens with zero attached hydrogens (tertiary/aromatic N) is 3. The molecule has 0 bridgehead atoms. The van der Waals surface area contributed by atoms with Crippen LogP contribution >= 0.6 is 11.8 Å². The van der Waals surface area contributed by atoms with Crippen LogP contribution in [0.25, 0.3) is 0 Å². The number of rotatable bonds is 8. The van der Waals surface area contributed by atoms with Crippen molar-refractivity contribution < 1.29 is 31.1 Å². The average Bonchev–Trinajstić information content (AvgIpc) is 3.12. The summed E-state index contributed by atoms with van der Waals surface area (Å²) in [7, 11) is 0. The van der Waals surface area contributed by atoms with Gasteiger partial charge in [-0.1, -0.05) is 42.1 Å². The number of halogens is 6. The van der Waals surface area contributed by atoms with E-state index in [1.807, 2.05) is 0 Å². The lowest BCUT2D eigenvalue weighted by Crippen LogP contribution is -2.09. The highest BCUT2D eigenvalue weighted by atomic mass is 32.2. The maximum Gasteiger partial charge on any atom is 0.416 e. The highest BCUT2D eigenvalue weighted by Gasteiger charge is 2.31. The molecule has 3 rings (SSSR count). The predicted octanol–water partition coefficient (Wildman–Crippen LogP) is 6.37. The molecule has 11 heteroatoms. The van der Waals surface area contributed by atoms with Gasteiger partial charge in [0.25, 0.3) is 0 Å². The van der Waals surface area contributed by atoms with Gasteiger partial charge in [0.05, 0.1) is 11.1 Å². The summed E-state index contributed by atoms with van der Waals surface area (Å²) in [5, 5.41) is 8.46. The normalized spacial score (nSPS) is 12.1. The minimum Gasteiger partial charge on any atom is -0.486 e. The van der Waals surface area contributed by atoms with Crippen LogP contribution in [0.15, 0.2) is 66.3 Å². The van der Waals surface area contributed by atoms with E-state index < -0.39 is 23.5 Å². The number of hydrogen-bond donors (Lipinski definition) is 0. The highest BCUT2D eigenvalue weighted by Crippen LogP contribution is 2.32. The first kappa shape index (κ1) is 23.7. The zero-order valence-electron chi connectivity index (χ0n) is 16.5. The minimum absolute atomic E-state index is 0.0196. The number of benzene rings is 2. The Balaban J connectivity index is 1.71. The molecule has 0 aliphatic carbocycles. The predicted molar refractivity (Wildman–Crippen MR) is 107 cm³/mol. The van der Waals surface area contributed by atoms with Gasteiger partial charge >= 0.3 is 12.4 Å². The van der Waals surface area contributed by atoms with Crippen molar-refractivity contribution in [1.82, 2.24) is 14.8 Å². The molecular weight excluding hydrogens is 456 g/mol. The summed E-state index contributed by atoms with van der Waals surface area (Å²) in [6.07, 6.45) is -7.35. The number of aromatic nitrogens is 3. The zero-order chi connectivity index (χ0) is 23.4. The van der Waals surface area contributed by atoms with Crippen LogP contribution in [0.4, 0.5) is 26.3 Å². The molecule has 32 heavy (non-hydrogen) atoms. The lowest BCUT2D eigenvalue weighted by Gasteiger charge is -2.11. The highest BCUT2D eigenvalue weighted by molar-refractivity contribution is 7.98. The standard InChI is InChI=1S/C21H17F6N3OS/c1-2-9-30-18(12-31-17-8-4-7-16(11-17)21(25,26)27)28-29-19(30)32-13-14-5-3-6-15(10-14)20(22,23)24/h2-8,10-11H,1,9,12-13H2. The first-order chi connectivity index (χ1) is 15.1. The van der Waals surface area contributed by atoms with E-state index in [1.54, 1.807) is 16.7 Å². The van der Waals surface area contributed by atoms with Crippen molar-refractivity contribution in [3.63, 3.8) is 0 Å². The number of ether oxygens (including phenoxy) is 1. The van der Waals surface area contributed by atoms with E-state index in [9.17, 15) is 26.3 Å². The molecule has 3 aromatic rings. The summed E-state index contributed by atoms with van der Waals surface area (Å²) in [5.41, 5.74) is -1.11. The van der Waals surface area contributed by atoms with Crippen molar-refractivity contribution >= 4 is 11.8 Å². The molecule has 0 fully saturated rings. The van der Waals surface area contributed by atoms with Crippen LogP contribution in [0.5, 0.6) is 5.75 Å². The quantitative estimate of drug-likeness (QED) is 0.216. The van der Waals surface area contributed by atoms with Crippen LogP contribution in [0.1, 0.15) is 22.5 Å². The van der Waals surface area contributed by atoms with Crippen LogP contribution in [0.2, 0.25) is 0 Å². The molecule has 0 saturated heterocycles. The van der Waals surface area contributed by atoms with Gasteiger partial charge < -0.3 is 4.74 Å². The summed E-state index contributed by atoms with van der Waals surface area (Å²) >= 11 is 1.18. The molecule has 1 aromatic heterocycles. The van der Waals surface area contributed by atoms with Crippen molar-refractivity contribution in [1.29, 1.82) is 0 Å². The van der Waals surface area contributed by atoms with E-state index in [4.69, 9.17) is 4.74 Å². The number of hydrogen-bond acceptors (Lipinski definition) is 4. The van der Waals surface area contributed by atoms with Gasteiger partial charge in [0.1, 0.15) is 12.4 Å². The summed E-state index contributed by atoms with van der Waals surface area (Å²) < 4.78 is 84.3. The molecule has 0 N–H and O–H groups in total. The van der Waals surface area contributed by atoms with Gasteiger partial charge in [-0.05, 0) is 29.8 Å². The van der Waals surface area contributed by atoms with Gasteiger partial charge in [-0.25, -0.2) is 0 Å². The van der Waals surface area contributed by atoms with E-state index >= 15 is 0 Å². The van der Waals surface area contributed by atoms with Crippen molar-refractivity contribution in [3.05, 3.63) is 83.7 Å². The molecule has 0 unspecified atom stereocenters. The Morgan fingerprint density at radius 3 is 2.25 bits per heavy atom. The molecule has 2 aromatic carbocycles. The van der Waals surface area contributed by atoms with Crippen LogP contribution in [0, 0.1) is 0 Å². The SMILES string of the molecule is C=CCn1c(COc2cccc(C(F)(F)F)c2)nnc1SCc1cccc(C(F)(F)F)c1. The Morgan fingerprint density at radius 2 is 1.59 bits per heavy atom. The van der Waals surface area contributed by atoms with Crippen LogP contribution in [0.3, 0.4) is 0 Å². The second kappa shape index (κ2) is 9.68. The molecule has 0 amide bonds. The average molecular weight is 473 g/mol. The topological polar surface area (TPSA) is 39.9 Å². The van der Waals surface area contributed by atoms with E-state index in [1.165, 1.54) is 30.0 Å². The maximum atomic E-state index is 12.9. The van der Waals surface area contributed by atoms with Gasteiger partial charge in [-0.2, -0.15) is 26.3 Å². The van der Waals surface area contributed by atoms with E-state index in [-0.39, 0.29) is 18.1 Å². The van der Waals surface area contributed by atoms with Crippen LogP contribution in [-0.2, 0) is 31.3 Å². The lowest BCUT2D eigenvalue weighted by atomic mass is 10.1. The Bertz CT molecular complexity index is 999. The Kier molecular flexibility index (Phi) is 7.17. The van der Waals surface area contributed by atoms with Crippen LogP contribution < -0.4 is 4.74 Å². The fourth-order valence-corrected chi connectivity index (χ4v) is 3.65. The van der Waals surface area contributed by atoms with Crippen molar-refractivity contribution in [2.24, 2.45) is 0 Å². The van der Waals surface area contributed by atoms with Gasteiger partial charge in [0.15, 0.2) is 11.0 Å². The Labute approximate surface area is 183 Å². The van der Waals surface area contributed by atoms with E-state index in [0.29, 0.717) is 23.1 Å². The first-order valence-electron chi connectivity index (χ1n) is 9.20. The minimum atomic E-state index is -4.49. The van der Waals surface area contributed by atoms with Gasteiger partial charge in [-0.3, -0.25) is 4.57 Å². The lowest BCUT2D eigenvalue weighted by molar-refractivity contribution is -0.138. The second-order valence-corrected chi connectivity index (χ2v) is 7.54. The van der Waals surface area contributed by atoms with Crippen molar-refractivity contribution in [3.8, 4) is 5.75 Å². The van der Waals surface area contributed by atoms with Gasteiger partial charge in [0, 0.05) is 12.3 Å². The van der Waals surface area contributed by atoms with Gasteiger partial charge in [-0.15, -0.1) is 16.8 Å². The molecule has 4 nitrogen and oxygen atoms in total. The third kappa shape index (κ3) is 6.06. The fraction of sp³-hybridized carbons (Fsp3) is 0.238. The Hall–Kier alpha value is -2.95. The summed E-state index contributed by atoms with van der Waals surface area (Å²) in [6.45, 7) is 3.80. The van der Waals surface area contributed by atoms with Crippen molar-refractivity contribution in [2.75, 3.05) is 0 Å². The third-order valence-corrected chi connectivity index (χ3v) is 5.29. The van der Waals surface area contributed by atoms with Crippen LogP contribution in [-0.4, -0.2) is 14.8 Å². The monoisotopic (exact) mass is 473 g/mol. The fourth-order valence-electron chi connectivity index (χ4n) is 2.74.